The molecule has 0 atom stereocenters. The van der Waals surface area contributed by atoms with E-state index in [4.69, 9.17) is 4.74 Å². The Labute approximate surface area is 172 Å². The van der Waals surface area contributed by atoms with Crippen LogP contribution in [0.5, 0.6) is 5.75 Å². The molecule has 0 aliphatic heterocycles. The number of nitrogens with zero attached hydrogens (tertiary/aromatic N) is 2. The summed E-state index contributed by atoms with van der Waals surface area (Å²) in [6.07, 6.45) is 0. The Morgan fingerprint density at radius 2 is 2.00 bits per heavy atom. The lowest BCUT2D eigenvalue weighted by Gasteiger charge is -2.07. The lowest BCUT2D eigenvalue weighted by atomic mass is 10.2. The van der Waals surface area contributed by atoms with Gasteiger partial charge in [0.05, 0.1) is 12.3 Å². The Morgan fingerprint density at radius 3 is 2.82 bits per heavy atom. The Bertz CT molecular complexity index is 887. The normalized spacial score (nSPS) is 10.5. The topological polar surface area (TPSA) is 76.1 Å². The van der Waals surface area contributed by atoms with Gasteiger partial charge in [0.15, 0.2) is 4.34 Å². The van der Waals surface area contributed by atoms with Crippen LogP contribution in [0.3, 0.4) is 0 Å². The Kier molecular flexibility index (Phi) is 7.69. The molecule has 28 heavy (non-hydrogen) atoms. The Morgan fingerprint density at radius 1 is 1.14 bits per heavy atom. The number of thioether (sulfide) groups is 1. The zero-order chi connectivity index (χ0) is 19.6. The number of benzene rings is 2. The molecule has 1 heterocycles. The van der Waals surface area contributed by atoms with Gasteiger partial charge in [-0.05, 0) is 30.2 Å². The van der Waals surface area contributed by atoms with Gasteiger partial charge in [-0.15, -0.1) is 10.2 Å². The maximum atomic E-state index is 12.0. The number of rotatable bonds is 10. The first-order chi connectivity index (χ1) is 13.7. The van der Waals surface area contributed by atoms with Gasteiger partial charge in [-0.25, -0.2) is 0 Å². The van der Waals surface area contributed by atoms with Crippen molar-refractivity contribution in [3.05, 3.63) is 65.7 Å². The summed E-state index contributed by atoms with van der Waals surface area (Å²) < 4.78 is 6.38. The van der Waals surface area contributed by atoms with Crippen LogP contribution in [-0.4, -0.2) is 35.0 Å². The van der Waals surface area contributed by atoms with E-state index >= 15 is 0 Å². The van der Waals surface area contributed by atoms with Crippen molar-refractivity contribution < 1.29 is 9.53 Å². The number of aromatic nitrogens is 2. The van der Waals surface area contributed by atoms with E-state index in [1.54, 1.807) is 0 Å². The van der Waals surface area contributed by atoms with E-state index in [0.717, 1.165) is 20.8 Å². The summed E-state index contributed by atoms with van der Waals surface area (Å²) in [5.41, 5.74) is 2.33. The minimum Gasteiger partial charge on any atom is -0.492 e. The standard InChI is InChI=1S/C20H22N4O2S2/c1-15-6-5-9-17(12-15)26-11-10-21-18(25)14-27-20-24-23-19(28-20)22-13-16-7-3-2-4-8-16/h2-9,12H,10-11,13-14H2,1H3,(H,21,25)(H,22,23). The predicted molar refractivity (Wildman–Crippen MR) is 114 cm³/mol. The summed E-state index contributed by atoms with van der Waals surface area (Å²) in [5, 5.41) is 15.1. The molecule has 0 bridgehead atoms. The highest BCUT2D eigenvalue weighted by atomic mass is 32.2. The van der Waals surface area contributed by atoms with Gasteiger partial charge in [-0.3, -0.25) is 4.79 Å². The molecule has 0 aliphatic rings. The molecule has 3 aromatic rings. The first-order valence-electron chi connectivity index (χ1n) is 8.89. The maximum Gasteiger partial charge on any atom is 0.230 e. The average Bonchev–Trinajstić information content (AvgIpc) is 3.17. The second kappa shape index (κ2) is 10.7. The third-order valence-corrected chi connectivity index (χ3v) is 5.72. The van der Waals surface area contributed by atoms with E-state index in [-0.39, 0.29) is 5.91 Å². The minimum atomic E-state index is -0.0492. The molecule has 0 unspecified atom stereocenters. The number of carbonyl (C=O) groups excluding carboxylic acids is 1. The van der Waals surface area contributed by atoms with Gasteiger partial charge in [0.25, 0.3) is 0 Å². The zero-order valence-corrected chi connectivity index (χ0v) is 17.2. The molecule has 0 fully saturated rings. The van der Waals surface area contributed by atoms with E-state index in [1.165, 1.54) is 28.7 Å². The highest BCUT2D eigenvalue weighted by molar-refractivity contribution is 8.01. The van der Waals surface area contributed by atoms with Crippen LogP contribution in [0.25, 0.3) is 0 Å². The van der Waals surface area contributed by atoms with Crippen LogP contribution >= 0.6 is 23.1 Å². The van der Waals surface area contributed by atoms with Gasteiger partial charge < -0.3 is 15.4 Å². The summed E-state index contributed by atoms with van der Waals surface area (Å²) in [5.74, 6) is 1.07. The molecular formula is C20H22N4O2S2. The smallest absolute Gasteiger partial charge is 0.230 e. The molecule has 2 aromatic carbocycles. The highest BCUT2D eigenvalue weighted by Gasteiger charge is 2.08. The second-order valence-electron chi connectivity index (χ2n) is 6.02. The third-order valence-electron chi connectivity index (χ3n) is 3.70. The van der Waals surface area contributed by atoms with Crippen LogP contribution in [0.15, 0.2) is 58.9 Å². The Balaban J connectivity index is 1.31. The number of nitrogens with one attached hydrogen (secondary N) is 2. The lowest BCUT2D eigenvalue weighted by molar-refractivity contribution is -0.118. The van der Waals surface area contributed by atoms with Crippen molar-refractivity contribution in [3.63, 3.8) is 0 Å². The molecule has 1 aromatic heterocycles. The number of hydrogen-bond donors (Lipinski definition) is 2. The van der Waals surface area contributed by atoms with Gasteiger partial charge in [-0.1, -0.05) is 65.6 Å². The van der Waals surface area contributed by atoms with Crippen molar-refractivity contribution in [1.82, 2.24) is 15.5 Å². The molecule has 0 radical (unpaired) electrons. The number of carbonyl (C=O) groups is 1. The molecule has 6 nitrogen and oxygen atoms in total. The van der Waals surface area contributed by atoms with Crippen LogP contribution in [0.1, 0.15) is 11.1 Å². The van der Waals surface area contributed by atoms with Crippen LogP contribution < -0.4 is 15.4 Å². The SMILES string of the molecule is Cc1cccc(OCCNC(=O)CSc2nnc(NCc3ccccc3)s2)c1. The minimum absolute atomic E-state index is 0.0492. The van der Waals surface area contributed by atoms with Gasteiger partial charge in [0.1, 0.15) is 12.4 Å². The molecular weight excluding hydrogens is 392 g/mol. The van der Waals surface area contributed by atoms with E-state index in [2.05, 4.69) is 33.0 Å². The number of hydrogen-bond acceptors (Lipinski definition) is 7. The number of aryl methyl sites for hydroxylation is 1. The molecule has 0 spiro atoms. The largest absolute Gasteiger partial charge is 0.492 e. The molecule has 2 N–H and O–H groups in total. The average molecular weight is 415 g/mol. The molecule has 3 rings (SSSR count). The lowest BCUT2D eigenvalue weighted by Crippen LogP contribution is -2.29. The third kappa shape index (κ3) is 6.86. The van der Waals surface area contributed by atoms with Crippen molar-refractivity contribution in [2.45, 2.75) is 17.8 Å². The summed E-state index contributed by atoms with van der Waals surface area (Å²) in [4.78, 5) is 12.0. The predicted octanol–water partition coefficient (Wildman–Crippen LogP) is 3.75. The maximum absolute atomic E-state index is 12.0. The second-order valence-corrected chi connectivity index (χ2v) is 8.22. The molecule has 1 amide bonds. The molecule has 0 aliphatic carbocycles. The van der Waals surface area contributed by atoms with Crippen molar-refractivity contribution in [3.8, 4) is 5.75 Å². The van der Waals surface area contributed by atoms with Gasteiger partial charge in [0, 0.05) is 6.54 Å². The van der Waals surface area contributed by atoms with Gasteiger partial charge in [-0.2, -0.15) is 0 Å². The quantitative estimate of drug-likeness (QED) is 0.389. The van der Waals surface area contributed by atoms with E-state index < -0.39 is 0 Å². The first-order valence-corrected chi connectivity index (χ1v) is 10.7. The number of amides is 1. The molecule has 8 heteroatoms. The van der Waals surface area contributed by atoms with E-state index in [0.29, 0.717) is 25.4 Å². The van der Waals surface area contributed by atoms with Crippen molar-refractivity contribution in [2.75, 3.05) is 24.2 Å². The van der Waals surface area contributed by atoms with Crippen molar-refractivity contribution in [1.29, 1.82) is 0 Å². The number of anilines is 1. The Hall–Kier alpha value is -2.58. The van der Waals surface area contributed by atoms with E-state index in [1.807, 2.05) is 49.4 Å². The monoisotopic (exact) mass is 414 g/mol. The van der Waals surface area contributed by atoms with Crippen LogP contribution in [0.2, 0.25) is 0 Å². The molecule has 0 saturated heterocycles. The fourth-order valence-corrected chi connectivity index (χ4v) is 3.93. The van der Waals surface area contributed by atoms with Gasteiger partial charge in [0.2, 0.25) is 11.0 Å². The molecule has 0 saturated carbocycles. The van der Waals surface area contributed by atoms with Crippen LogP contribution in [-0.2, 0) is 11.3 Å². The fourth-order valence-electron chi connectivity index (χ4n) is 2.36. The summed E-state index contributed by atoms with van der Waals surface area (Å²) >= 11 is 2.83. The fraction of sp³-hybridized carbons (Fsp3) is 0.250. The first kappa shape index (κ1) is 20.2. The van der Waals surface area contributed by atoms with Crippen LogP contribution in [0, 0.1) is 6.92 Å². The summed E-state index contributed by atoms with van der Waals surface area (Å²) in [6, 6.07) is 17.9. The summed E-state index contributed by atoms with van der Waals surface area (Å²) in [7, 11) is 0. The van der Waals surface area contributed by atoms with Crippen molar-refractivity contribution >= 4 is 34.1 Å². The van der Waals surface area contributed by atoms with E-state index in [9.17, 15) is 4.79 Å². The van der Waals surface area contributed by atoms with Crippen molar-refractivity contribution in [2.24, 2.45) is 0 Å². The molecule has 146 valence electrons. The highest BCUT2D eigenvalue weighted by Crippen LogP contribution is 2.25. The zero-order valence-electron chi connectivity index (χ0n) is 15.6. The number of ether oxygens (including phenoxy) is 1. The summed E-state index contributed by atoms with van der Waals surface area (Å²) in [6.45, 7) is 3.61. The van der Waals surface area contributed by atoms with Crippen LogP contribution in [0.4, 0.5) is 5.13 Å². The van der Waals surface area contributed by atoms with Gasteiger partial charge >= 0.3 is 0 Å².